The normalized spacial score (nSPS) is 14.4. The number of aromatic nitrogens is 2. The van der Waals surface area contributed by atoms with Gasteiger partial charge in [-0.3, -0.25) is 0 Å². The summed E-state index contributed by atoms with van der Waals surface area (Å²) in [4.78, 5) is 0. The smallest absolute Gasteiger partial charge is 0.247 e. The van der Waals surface area contributed by atoms with E-state index in [9.17, 15) is 5.11 Å². The van der Waals surface area contributed by atoms with E-state index >= 15 is 0 Å². The van der Waals surface area contributed by atoms with Crippen molar-refractivity contribution in [1.82, 2.24) is 10.2 Å². The third kappa shape index (κ3) is 2.75. The summed E-state index contributed by atoms with van der Waals surface area (Å²) in [6.07, 6.45) is 0.706. The first-order valence-corrected chi connectivity index (χ1v) is 6.05. The number of nitrogens with zero attached hydrogens (tertiary/aromatic N) is 2. The molecular formula is C13H17N3O2. The molecule has 0 bridgehead atoms. The van der Waals surface area contributed by atoms with E-state index in [1.54, 1.807) is 0 Å². The predicted octanol–water partition coefficient (Wildman–Crippen LogP) is 1.90. The molecule has 2 aromatic rings. The van der Waals surface area contributed by atoms with Crippen LogP contribution < -0.4 is 5.73 Å². The van der Waals surface area contributed by atoms with Crippen LogP contribution in [-0.4, -0.2) is 21.3 Å². The van der Waals surface area contributed by atoms with E-state index in [4.69, 9.17) is 10.2 Å². The Balaban J connectivity index is 2.15. The Labute approximate surface area is 106 Å². The highest BCUT2D eigenvalue weighted by Gasteiger charge is 2.22. The van der Waals surface area contributed by atoms with Crippen molar-refractivity contribution in [3.8, 4) is 11.5 Å². The van der Waals surface area contributed by atoms with Gasteiger partial charge in [0.25, 0.3) is 0 Å². The minimum atomic E-state index is -0.907. The lowest BCUT2D eigenvalue weighted by Crippen LogP contribution is -2.28. The maximum Gasteiger partial charge on any atom is 0.247 e. The summed E-state index contributed by atoms with van der Waals surface area (Å²) in [5.74, 6) is 0.572. The highest BCUT2D eigenvalue weighted by Crippen LogP contribution is 2.22. The first-order chi connectivity index (χ1) is 8.72. The number of aliphatic hydroxyl groups is 1. The summed E-state index contributed by atoms with van der Waals surface area (Å²) >= 11 is 0. The summed E-state index contributed by atoms with van der Waals surface area (Å²) in [5.41, 5.74) is 6.66. The van der Waals surface area contributed by atoms with Crippen LogP contribution >= 0.6 is 0 Å². The zero-order chi connectivity index (χ0) is 13.0. The van der Waals surface area contributed by atoms with E-state index in [0.29, 0.717) is 12.3 Å². The molecule has 0 aliphatic rings. The van der Waals surface area contributed by atoms with Gasteiger partial charge >= 0.3 is 0 Å². The van der Waals surface area contributed by atoms with Crippen LogP contribution in [-0.2, 0) is 0 Å². The van der Waals surface area contributed by atoms with Gasteiger partial charge in [0.1, 0.15) is 6.10 Å². The van der Waals surface area contributed by atoms with Gasteiger partial charge in [0, 0.05) is 11.6 Å². The lowest BCUT2D eigenvalue weighted by molar-refractivity contribution is 0.112. The number of aliphatic hydroxyl groups excluding tert-OH is 1. The monoisotopic (exact) mass is 247 g/mol. The maximum atomic E-state index is 9.96. The summed E-state index contributed by atoms with van der Waals surface area (Å²) in [7, 11) is 0. The lowest BCUT2D eigenvalue weighted by Gasteiger charge is -2.13. The van der Waals surface area contributed by atoms with Gasteiger partial charge in [0.05, 0.1) is 0 Å². The molecule has 3 N–H and O–H groups in total. The first kappa shape index (κ1) is 12.7. The maximum absolute atomic E-state index is 9.96. The van der Waals surface area contributed by atoms with E-state index in [1.807, 2.05) is 37.3 Å². The number of rotatable bonds is 5. The van der Waals surface area contributed by atoms with Crippen LogP contribution in [0.5, 0.6) is 0 Å². The minimum Gasteiger partial charge on any atom is -0.418 e. The molecule has 1 heterocycles. The molecule has 2 unspecified atom stereocenters. The molecule has 2 rings (SSSR count). The molecule has 0 spiro atoms. The fourth-order valence-electron chi connectivity index (χ4n) is 1.73. The second-order valence-electron chi connectivity index (χ2n) is 4.21. The van der Waals surface area contributed by atoms with Gasteiger partial charge in [-0.15, -0.1) is 10.2 Å². The van der Waals surface area contributed by atoms with Crippen molar-refractivity contribution < 1.29 is 9.52 Å². The zero-order valence-electron chi connectivity index (χ0n) is 10.3. The SMILES string of the molecule is CCCC(N)C(O)c1nnc(-c2ccccc2)o1. The number of nitrogens with two attached hydrogens (primary N) is 1. The summed E-state index contributed by atoms with van der Waals surface area (Å²) in [6.45, 7) is 2.01. The minimum absolute atomic E-state index is 0.176. The van der Waals surface area contributed by atoms with Gasteiger partial charge in [-0.25, -0.2) is 0 Å². The van der Waals surface area contributed by atoms with Crippen molar-refractivity contribution in [3.05, 3.63) is 36.2 Å². The fraction of sp³-hybridized carbons (Fsp3) is 0.385. The molecule has 5 heteroatoms. The average Bonchev–Trinajstić information content (AvgIpc) is 2.89. The highest BCUT2D eigenvalue weighted by atomic mass is 16.4. The summed E-state index contributed by atoms with van der Waals surface area (Å²) in [5, 5.41) is 17.7. The van der Waals surface area contributed by atoms with E-state index in [0.717, 1.165) is 12.0 Å². The van der Waals surface area contributed by atoms with Gasteiger partial charge in [-0.1, -0.05) is 31.5 Å². The molecule has 18 heavy (non-hydrogen) atoms. The topological polar surface area (TPSA) is 85.2 Å². The first-order valence-electron chi connectivity index (χ1n) is 6.05. The van der Waals surface area contributed by atoms with E-state index in [-0.39, 0.29) is 11.9 Å². The molecule has 0 saturated heterocycles. The van der Waals surface area contributed by atoms with Crippen molar-refractivity contribution in [2.75, 3.05) is 0 Å². The largest absolute Gasteiger partial charge is 0.418 e. The Morgan fingerprint density at radius 1 is 1.28 bits per heavy atom. The quantitative estimate of drug-likeness (QED) is 0.842. The summed E-state index contributed by atoms with van der Waals surface area (Å²) < 4.78 is 5.45. The van der Waals surface area contributed by atoms with Crippen LogP contribution in [0.2, 0.25) is 0 Å². The van der Waals surface area contributed by atoms with Crippen LogP contribution in [0.3, 0.4) is 0 Å². The van der Waals surface area contributed by atoms with Gasteiger partial charge in [0.15, 0.2) is 0 Å². The molecule has 0 amide bonds. The van der Waals surface area contributed by atoms with Crippen molar-refractivity contribution in [1.29, 1.82) is 0 Å². The van der Waals surface area contributed by atoms with Crippen LogP contribution in [0.4, 0.5) is 0 Å². The van der Waals surface area contributed by atoms with Crippen molar-refractivity contribution in [2.24, 2.45) is 5.73 Å². The Bertz CT molecular complexity index is 484. The Morgan fingerprint density at radius 2 is 2.00 bits per heavy atom. The van der Waals surface area contributed by atoms with Gasteiger partial charge in [-0.05, 0) is 18.6 Å². The molecular weight excluding hydrogens is 230 g/mol. The third-order valence-corrected chi connectivity index (χ3v) is 2.74. The third-order valence-electron chi connectivity index (χ3n) is 2.74. The van der Waals surface area contributed by atoms with E-state index in [1.165, 1.54) is 0 Å². The Morgan fingerprint density at radius 3 is 2.67 bits per heavy atom. The second kappa shape index (κ2) is 5.75. The molecule has 5 nitrogen and oxygen atoms in total. The highest BCUT2D eigenvalue weighted by molar-refractivity contribution is 5.51. The Hall–Kier alpha value is -1.72. The molecule has 0 radical (unpaired) electrons. The average molecular weight is 247 g/mol. The van der Waals surface area contributed by atoms with Gasteiger partial charge < -0.3 is 15.3 Å². The van der Waals surface area contributed by atoms with Crippen LogP contribution in [0, 0.1) is 0 Å². The van der Waals surface area contributed by atoms with E-state index < -0.39 is 6.10 Å². The standard InChI is InChI=1S/C13H17N3O2/c1-2-6-10(14)11(17)13-16-15-12(18-13)9-7-4-3-5-8-9/h3-5,7-8,10-11,17H,2,6,14H2,1H3. The fourth-order valence-corrected chi connectivity index (χ4v) is 1.73. The van der Waals surface area contributed by atoms with Crippen LogP contribution in [0.15, 0.2) is 34.7 Å². The van der Waals surface area contributed by atoms with Crippen molar-refractivity contribution >= 4 is 0 Å². The van der Waals surface area contributed by atoms with Gasteiger partial charge in [0.2, 0.25) is 11.8 Å². The predicted molar refractivity (Wildman–Crippen MR) is 67.6 cm³/mol. The van der Waals surface area contributed by atoms with E-state index in [2.05, 4.69) is 10.2 Å². The molecule has 0 saturated carbocycles. The molecule has 1 aromatic heterocycles. The molecule has 0 aliphatic carbocycles. The lowest BCUT2D eigenvalue weighted by atomic mass is 10.1. The number of hydrogen-bond donors (Lipinski definition) is 2. The van der Waals surface area contributed by atoms with Gasteiger partial charge in [-0.2, -0.15) is 0 Å². The van der Waals surface area contributed by atoms with Crippen molar-refractivity contribution in [3.63, 3.8) is 0 Å². The molecule has 0 fully saturated rings. The second-order valence-corrected chi connectivity index (χ2v) is 4.21. The number of hydrogen-bond acceptors (Lipinski definition) is 5. The molecule has 1 aromatic carbocycles. The summed E-state index contributed by atoms with van der Waals surface area (Å²) in [6, 6.07) is 9.05. The molecule has 2 atom stereocenters. The molecule has 96 valence electrons. The Kier molecular flexibility index (Phi) is 4.07. The number of benzene rings is 1. The van der Waals surface area contributed by atoms with Crippen molar-refractivity contribution in [2.45, 2.75) is 31.9 Å². The zero-order valence-corrected chi connectivity index (χ0v) is 10.3. The van der Waals surface area contributed by atoms with Crippen LogP contribution in [0.1, 0.15) is 31.8 Å². The molecule has 0 aliphatic heterocycles. The van der Waals surface area contributed by atoms with Crippen LogP contribution in [0.25, 0.3) is 11.5 Å².